The fraction of sp³-hybridized carbons (Fsp3) is 0.278. The Labute approximate surface area is 162 Å². The fourth-order valence-electron chi connectivity index (χ4n) is 3.04. The molecule has 28 heavy (non-hydrogen) atoms. The molecule has 4 N–H and O–H groups in total. The van der Waals surface area contributed by atoms with Gasteiger partial charge in [-0.25, -0.2) is 27.9 Å². The SMILES string of the molecule is Cc1nc(N)c2nc(C)n(CCNS(=O)(=O)c3ccc(C(=O)O)cc3)c2c1C. The number of carbonyl (C=O) groups is 1. The Bertz CT molecular complexity index is 1170. The number of aryl methyl sites for hydroxylation is 3. The van der Waals surface area contributed by atoms with Gasteiger partial charge in [0.2, 0.25) is 10.0 Å². The van der Waals surface area contributed by atoms with Crippen molar-refractivity contribution in [1.82, 2.24) is 19.3 Å². The summed E-state index contributed by atoms with van der Waals surface area (Å²) in [7, 11) is -3.76. The first-order valence-corrected chi connectivity index (χ1v) is 10.0. The number of carboxylic acids is 1. The van der Waals surface area contributed by atoms with E-state index in [1.807, 2.05) is 25.3 Å². The van der Waals surface area contributed by atoms with E-state index < -0.39 is 16.0 Å². The lowest BCUT2D eigenvalue weighted by molar-refractivity contribution is 0.0696. The van der Waals surface area contributed by atoms with E-state index in [0.717, 1.165) is 16.8 Å². The van der Waals surface area contributed by atoms with E-state index in [2.05, 4.69) is 14.7 Å². The maximum absolute atomic E-state index is 12.5. The van der Waals surface area contributed by atoms with E-state index in [4.69, 9.17) is 10.8 Å². The van der Waals surface area contributed by atoms with Crippen molar-refractivity contribution < 1.29 is 18.3 Å². The smallest absolute Gasteiger partial charge is 0.335 e. The second kappa shape index (κ2) is 7.21. The summed E-state index contributed by atoms with van der Waals surface area (Å²) in [6.07, 6.45) is 0. The predicted molar refractivity (Wildman–Crippen MR) is 105 cm³/mol. The van der Waals surface area contributed by atoms with Crippen molar-refractivity contribution in [1.29, 1.82) is 0 Å². The van der Waals surface area contributed by atoms with E-state index in [-0.39, 0.29) is 17.0 Å². The number of pyridine rings is 1. The molecular formula is C18H21N5O4S. The minimum absolute atomic E-state index is 0.00480. The second-order valence-electron chi connectivity index (χ2n) is 6.44. The van der Waals surface area contributed by atoms with Crippen LogP contribution in [0.4, 0.5) is 5.82 Å². The number of nitrogens with one attached hydrogen (secondary N) is 1. The zero-order valence-corrected chi connectivity index (χ0v) is 16.5. The number of hydrogen-bond acceptors (Lipinski definition) is 6. The van der Waals surface area contributed by atoms with E-state index in [9.17, 15) is 13.2 Å². The average molecular weight is 403 g/mol. The Hall–Kier alpha value is -2.98. The van der Waals surface area contributed by atoms with Crippen LogP contribution in [0.3, 0.4) is 0 Å². The van der Waals surface area contributed by atoms with Gasteiger partial charge >= 0.3 is 5.97 Å². The van der Waals surface area contributed by atoms with E-state index in [1.165, 1.54) is 24.3 Å². The van der Waals surface area contributed by atoms with Crippen LogP contribution in [0.1, 0.15) is 27.4 Å². The molecule has 0 fully saturated rings. The van der Waals surface area contributed by atoms with Crippen molar-refractivity contribution in [2.75, 3.05) is 12.3 Å². The number of benzene rings is 1. The number of anilines is 1. The number of aromatic carboxylic acids is 1. The molecule has 2 aromatic heterocycles. The quantitative estimate of drug-likeness (QED) is 0.568. The summed E-state index contributed by atoms with van der Waals surface area (Å²) in [5.41, 5.74) is 9.18. The number of carboxylic acid groups (broad SMARTS) is 1. The molecule has 0 aliphatic heterocycles. The molecule has 3 rings (SSSR count). The van der Waals surface area contributed by atoms with Gasteiger partial charge < -0.3 is 15.4 Å². The Morgan fingerprint density at radius 1 is 1.18 bits per heavy atom. The fourth-order valence-corrected chi connectivity index (χ4v) is 4.06. The third-order valence-corrected chi connectivity index (χ3v) is 6.10. The van der Waals surface area contributed by atoms with Gasteiger partial charge in [-0.1, -0.05) is 0 Å². The van der Waals surface area contributed by atoms with Gasteiger partial charge in [0, 0.05) is 18.8 Å². The van der Waals surface area contributed by atoms with Crippen molar-refractivity contribution in [2.24, 2.45) is 0 Å². The van der Waals surface area contributed by atoms with Crippen LogP contribution < -0.4 is 10.5 Å². The Morgan fingerprint density at radius 2 is 1.82 bits per heavy atom. The third kappa shape index (κ3) is 3.56. The summed E-state index contributed by atoms with van der Waals surface area (Å²) in [5, 5.41) is 8.91. The van der Waals surface area contributed by atoms with Crippen LogP contribution in [0.25, 0.3) is 11.0 Å². The zero-order chi connectivity index (χ0) is 20.6. The number of rotatable bonds is 6. The van der Waals surface area contributed by atoms with Crippen molar-refractivity contribution in [3.05, 3.63) is 46.9 Å². The van der Waals surface area contributed by atoms with Gasteiger partial charge in [-0.3, -0.25) is 0 Å². The summed E-state index contributed by atoms with van der Waals surface area (Å²) in [6.45, 7) is 6.11. The monoisotopic (exact) mass is 403 g/mol. The lowest BCUT2D eigenvalue weighted by Gasteiger charge is -2.12. The number of hydrogen-bond donors (Lipinski definition) is 3. The molecule has 0 bridgehead atoms. The summed E-state index contributed by atoms with van der Waals surface area (Å²) in [5.74, 6) is -0.0555. The molecule has 3 aromatic rings. The highest BCUT2D eigenvalue weighted by molar-refractivity contribution is 7.89. The molecule has 0 aliphatic rings. The Balaban J connectivity index is 1.81. The topological polar surface area (TPSA) is 140 Å². The summed E-state index contributed by atoms with van der Waals surface area (Å²) >= 11 is 0. The number of nitrogen functional groups attached to an aromatic ring is 1. The van der Waals surface area contributed by atoms with Crippen molar-refractivity contribution in [3.63, 3.8) is 0 Å². The molecule has 2 heterocycles. The number of nitrogens with two attached hydrogens (primary N) is 1. The first-order valence-electron chi connectivity index (χ1n) is 8.54. The van der Waals surface area contributed by atoms with E-state index >= 15 is 0 Å². The van der Waals surface area contributed by atoms with Crippen LogP contribution in [0.15, 0.2) is 29.2 Å². The molecule has 0 spiro atoms. The molecule has 0 aliphatic carbocycles. The number of aromatic nitrogens is 3. The number of sulfonamides is 1. The highest BCUT2D eigenvalue weighted by Crippen LogP contribution is 2.25. The molecule has 0 saturated carbocycles. The van der Waals surface area contributed by atoms with Crippen LogP contribution in [-0.4, -0.2) is 40.6 Å². The minimum Gasteiger partial charge on any atom is -0.478 e. The first-order chi connectivity index (χ1) is 13.1. The van der Waals surface area contributed by atoms with Crippen LogP contribution in [0.5, 0.6) is 0 Å². The van der Waals surface area contributed by atoms with Crippen LogP contribution >= 0.6 is 0 Å². The Kier molecular flexibility index (Phi) is 5.09. The molecule has 0 amide bonds. The third-order valence-electron chi connectivity index (χ3n) is 4.63. The molecule has 0 unspecified atom stereocenters. The van der Waals surface area contributed by atoms with Crippen molar-refractivity contribution in [2.45, 2.75) is 32.2 Å². The second-order valence-corrected chi connectivity index (χ2v) is 8.21. The van der Waals surface area contributed by atoms with Crippen LogP contribution in [0, 0.1) is 20.8 Å². The average Bonchev–Trinajstić information content (AvgIpc) is 2.97. The van der Waals surface area contributed by atoms with Crippen LogP contribution in [-0.2, 0) is 16.6 Å². The molecular weight excluding hydrogens is 382 g/mol. The maximum atomic E-state index is 12.5. The van der Waals surface area contributed by atoms with Crippen LogP contribution in [0.2, 0.25) is 0 Å². The highest BCUT2D eigenvalue weighted by Gasteiger charge is 2.17. The van der Waals surface area contributed by atoms with Gasteiger partial charge in [-0.05, 0) is 50.6 Å². The summed E-state index contributed by atoms with van der Waals surface area (Å²) in [4.78, 5) is 19.6. The van der Waals surface area contributed by atoms with Crippen molar-refractivity contribution >= 4 is 32.8 Å². The van der Waals surface area contributed by atoms with Gasteiger partial charge in [0.25, 0.3) is 0 Å². The molecule has 0 radical (unpaired) electrons. The molecule has 0 saturated heterocycles. The van der Waals surface area contributed by atoms with Gasteiger partial charge in [-0.15, -0.1) is 0 Å². The predicted octanol–water partition coefficient (Wildman–Crippen LogP) is 1.62. The lowest BCUT2D eigenvalue weighted by Crippen LogP contribution is -2.27. The first kappa shape index (κ1) is 19.8. The number of imidazole rings is 1. The zero-order valence-electron chi connectivity index (χ0n) is 15.7. The minimum atomic E-state index is -3.76. The van der Waals surface area contributed by atoms with Gasteiger partial charge in [0.15, 0.2) is 5.82 Å². The molecule has 10 heteroatoms. The lowest BCUT2D eigenvalue weighted by atomic mass is 10.2. The Morgan fingerprint density at radius 3 is 2.43 bits per heavy atom. The highest BCUT2D eigenvalue weighted by atomic mass is 32.2. The molecule has 1 aromatic carbocycles. The maximum Gasteiger partial charge on any atom is 0.335 e. The van der Waals surface area contributed by atoms with Gasteiger partial charge in [-0.2, -0.15) is 0 Å². The summed E-state index contributed by atoms with van der Waals surface area (Å²) < 4.78 is 29.3. The summed E-state index contributed by atoms with van der Waals surface area (Å²) in [6, 6.07) is 5.05. The van der Waals surface area contributed by atoms with Crippen molar-refractivity contribution in [3.8, 4) is 0 Å². The molecule has 0 atom stereocenters. The normalized spacial score (nSPS) is 11.8. The van der Waals surface area contributed by atoms with Gasteiger partial charge in [0.05, 0.1) is 16.0 Å². The van der Waals surface area contributed by atoms with Gasteiger partial charge in [0.1, 0.15) is 11.3 Å². The standard InChI is InChI=1S/C18H21N5O4S/c1-10-11(2)21-17(19)15-16(10)23(12(3)22-15)9-8-20-28(26,27)14-6-4-13(5-7-14)18(24)25/h4-7,20H,8-9H2,1-3H3,(H2,19,21)(H,24,25). The number of nitrogens with zero attached hydrogens (tertiary/aromatic N) is 3. The molecule has 9 nitrogen and oxygen atoms in total. The van der Waals surface area contributed by atoms with E-state index in [1.54, 1.807) is 0 Å². The van der Waals surface area contributed by atoms with E-state index in [0.29, 0.717) is 23.7 Å². The largest absolute Gasteiger partial charge is 0.478 e. The molecule has 148 valence electrons. The number of fused-ring (bicyclic) bond motifs is 1.